The van der Waals surface area contributed by atoms with Crippen molar-refractivity contribution >= 4 is 40.2 Å². The number of fused-ring (bicyclic) bond motifs is 1. The van der Waals surface area contributed by atoms with Crippen molar-refractivity contribution in [3.05, 3.63) is 70.9 Å². The Balaban J connectivity index is 1.54. The van der Waals surface area contributed by atoms with Crippen LogP contribution >= 0.6 is 11.6 Å². The lowest BCUT2D eigenvalue weighted by Gasteiger charge is -2.28. The van der Waals surface area contributed by atoms with Gasteiger partial charge in [-0.15, -0.1) is 0 Å². The van der Waals surface area contributed by atoms with Gasteiger partial charge in [0.1, 0.15) is 17.5 Å². The van der Waals surface area contributed by atoms with E-state index in [0.29, 0.717) is 17.4 Å². The molecule has 7 nitrogen and oxygen atoms in total. The van der Waals surface area contributed by atoms with Gasteiger partial charge in [0.05, 0.1) is 12.0 Å². The maximum absolute atomic E-state index is 13.4. The molecule has 34 heavy (non-hydrogen) atoms. The van der Waals surface area contributed by atoms with Gasteiger partial charge in [-0.3, -0.25) is 10.1 Å². The standard InChI is InChI=1S/C24H25ClF2N4O3/c1-24(6-8-28,22(32)30-14-16-3-5-19(27)12-20(16)25)7-9-34-23(33)31-21-11-17-10-18(26)4-2-15(17)13-29-21/h2-5,10-13H,6-9,14,28H2,1H3,(H,30,32)(H,29,31,33). The second kappa shape index (κ2) is 11.2. The summed E-state index contributed by atoms with van der Waals surface area (Å²) in [4.78, 5) is 29.1. The Labute approximate surface area is 200 Å². The Morgan fingerprint density at radius 3 is 2.56 bits per heavy atom. The molecular formula is C24H25ClF2N4O3. The average molecular weight is 491 g/mol. The maximum atomic E-state index is 13.4. The molecular weight excluding hydrogens is 466 g/mol. The molecule has 1 unspecified atom stereocenters. The number of nitrogens with one attached hydrogen (secondary N) is 2. The highest BCUT2D eigenvalue weighted by Crippen LogP contribution is 2.27. The van der Waals surface area contributed by atoms with Gasteiger partial charge in [-0.2, -0.15) is 0 Å². The van der Waals surface area contributed by atoms with Crippen LogP contribution in [0.4, 0.5) is 19.4 Å². The van der Waals surface area contributed by atoms with Crippen molar-refractivity contribution in [2.45, 2.75) is 26.3 Å². The predicted octanol–water partition coefficient (Wildman–Crippen LogP) is 4.78. The molecule has 180 valence electrons. The third kappa shape index (κ3) is 6.61. The smallest absolute Gasteiger partial charge is 0.412 e. The SMILES string of the molecule is CC(CCN)(CCOC(=O)Nc1cc2cc(F)ccc2cn1)C(=O)NCc1ccc(F)cc1Cl. The van der Waals surface area contributed by atoms with E-state index in [0.717, 1.165) is 5.39 Å². The molecule has 2 amide bonds. The van der Waals surface area contributed by atoms with E-state index < -0.39 is 23.1 Å². The number of hydrogen-bond acceptors (Lipinski definition) is 5. The lowest BCUT2D eigenvalue weighted by molar-refractivity contribution is -0.131. The largest absolute Gasteiger partial charge is 0.449 e. The van der Waals surface area contributed by atoms with Crippen LogP contribution in [-0.2, 0) is 16.1 Å². The van der Waals surface area contributed by atoms with Gasteiger partial charge in [0.25, 0.3) is 0 Å². The summed E-state index contributed by atoms with van der Waals surface area (Å²) in [5.41, 5.74) is 5.36. The first-order valence-electron chi connectivity index (χ1n) is 10.6. The number of nitrogens with zero attached hydrogens (tertiary/aromatic N) is 1. The number of carbonyl (C=O) groups is 2. The van der Waals surface area contributed by atoms with Crippen molar-refractivity contribution in [3.8, 4) is 0 Å². The molecule has 0 aliphatic carbocycles. The molecule has 10 heteroatoms. The number of amides is 2. The van der Waals surface area contributed by atoms with Crippen LogP contribution in [0.25, 0.3) is 10.8 Å². The number of benzene rings is 2. The van der Waals surface area contributed by atoms with Crippen LogP contribution < -0.4 is 16.4 Å². The van der Waals surface area contributed by atoms with Crippen LogP contribution in [0.3, 0.4) is 0 Å². The molecule has 0 saturated heterocycles. The molecule has 1 aromatic heterocycles. The van der Waals surface area contributed by atoms with E-state index >= 15 is 0 Å². The van der Waals surface area contributed by atoms with Gasteiger partial charge in [0, 0.05) is 23.2 Å². The molecule has 0 fully saturated rings. The van der Waals surface area contributed by atoms with Gasteiger partial charge < -0.3 is 15.8 Å². The van der Waals surface area contributed by atoms with Crippen molar-refractivity contribution in [2.24, 2.45) is 11.1 Å². The zero-order valence-electron chi connectivity index (χ0n) is 18.5. The quantitative estimate of drug-likeness (QED) is 0.400. The minimum Gasteiger partial charge on any atom is -0.449 e. The number of anilines is 1. The molecule has 1 atom stereocenters. The normalized spacial score (nSPS) is 12.7. The summed E-state index contributed by atoms with van der Waals surface area (Å²) in [6.45, 7) is 2.05. The molecule has 1 heterocycles. The first-order chi connectivity index (χ1) is 16.2. The number of carbonyl (C=O) groups excluding carboxylic acids is 2. The lowest BCUT2D eigenvalue weighted by Crippen LogP contribution is -2.41. The fourth-order valence-electron chi connectivity index (χ4n) is 3.41. The molecule has 0 bridgehead atoms. The molecule has 3 aromatic rings. The van der Waals surface area contributed by atoms with Crippen LogP contribution in [-0.4, -0.2) is 30.1 Å². The van der Waals surface area contributed by atoms with Gasteiger partial charge in [-0.25, -0.2) is 18.6 Å². The fourth-order valence-corrected chi connectivity index (χ4v) is 3.65. The maximum Gasteiger partial charge on any atom is 0.412 e. The summed E-state index contributed by atoms with van der Waals surface area (Å²) in [5, 5.41) is 6.80. The van der Waals surface area contributed by atoms with E-state index in [4.69, 9.17) is 22.1 Å². The van der Waals surface area contributed by atoms with Crippen molar-refractivity contribution in [1.82, 2.24) is 10.3 Å². The summed E-state index contributed by atoms with van der Waals surface area (Å²) < 4.78 is 31.9. The third-order valence-electron chi connectivity index (χ3n) is 5.50. The first-order valence-corrected chi connectivity index (χ1v) is 11.0. The number of halogens is 3. The number of hydrogen-bond donors (Lipinski definition) is 3. The third-order valence-corrected chi connectivity index (χ3v) is 5.85. The summed E-state index contributed by atoms with van der Waals surface area (Å²) in [6, 6.07) is 9.73. The molecule has 0 aliphatic rings. The summed E-state index contributed by atoms with van der Waals surface area (Å²) in [6.07, 6.45) is 1.34. The molecule has 0 aliphatic heterocycles. The Morgan fingerprint density at radius 2 is 1.82 bits per heavy atom. The predicted molar refractivity (Wildman–Crippen MR) is 126 cm³/mol. The van der Waals surface area contributed by atoms with E-state index in [1.807, 2.05) is 0 Å². The topological polar surface area (TPSA) is 106 Å². The Bertz CT molecular complexity index is 1190. The second-order valence-electron chi connectivity index (χ2n) is 8.09. The van der Waals surface area contributed by atoms with E-state index in [9.17, 15) is 18.4 Å². The second-order valence-corrected chi connectivity index (χ2v) is 8.50. The Morgan fingerprint density at radius 1 is 1.09 bits per heavy atom. The van der Waals surface area contributed by atoms with Crippen LogP contribution in [0, 0.1) is 17.0 Å². The summed E-state index contributed by atoms with van der Waals surface area (Å²) >= 11 is 6.01. The van der Waals surface area contributed by atoms with Crippen molar-refractivity contribution in [1.29, 1.82) is 0 Å². The highest BCUT2D eigenvalue weighted by atomic mass is 35.5. The van der Waals surface area contributed by atoms with Gasteiger partial charge in [0.15, 0.2) is 0 Å². The average Bonchev–Trinajstić information content (AvgIpc) is 2.78. The van der Waals surface area contributed by atoms with Crippen LogP contribution in [0.1, 0.15) is 25.3 Å². The minimum absolute atomic E-state index is 0.0464. The number of rotatable bonds is 9. The van der Waals surface area contributed by atoms with Crippen LogP contribution in [0.15, 0.2) is 48.7 Å². The van der Waals surface area contributed by atoms with E-state index in [1.54, 1.807) is 13.0 Å². The molecule has 3 rings (SSSR count). The van der Waals surface area contributed by atoms with Gasteiger partial charge >= 0.3 is 6.09 Å². The molecule has 0 spiro atoms. The summed E-state index contributed by atoms with van der Waals surface area (Å²) in [7, 11) is 0. The lowest BCUT2D eigenvalue weighted by atomic mass is 9.82. The molecule has 0 saturated carbocycles. The minimum atomic E-state index is -0.903. The highest BCUT2D eigenvalue weighted by Gasteiger charge is 2.32. The fraction of sp³-hybridized carbons (Fsp3) is 0.292. The molecule has 4 N–H and O–H groups in total. The molecule has 0 radical (unpaired) electrons. The van der Waals surface area contributed by atoms with Gasteiger partial charge in [-0.1, -0.05) is 24.6 Å². The van der Waals surface area contributed by atoms with Gasteiger partial charge in [-0.05, 0) is 66.7 Å². The number of ether oxygens (including phenoxy) is 1. The van der Waals surface area contributed by atoms with Crippen molar-refractivity contribution in [2.75, 3.05) is 18.5 Å². The van der Waals surface area contributed by atoms with Gasteiger partial charge in [0.2, 0.25) is 5.91 Å². The van der Waals surface area contributed by atoms with Crippen molar-refractivity contribution < 1.29 is 23.1 Å². The summed E-state index contributed by atoms with van der Waals surface area (Å²) in [5.74, 6) is -0.941. The first kappa shape index (κ1) is 25.3. The molecule has 2 aromatic carbocycles. The van der Waals surface area contributed by atoms with E-state index in [1.165, 1.54) is 42.6 Å². The zero-order valence-corrected chi connectivity index (χ0v) is 19.3. The number of nitrogens with two attached hydrogens (primary N) is 1. The highest BCUT2D eigenvalue weighted by molar-refractivity contribution is 6.31. The van der Waals surface area contributed by atoms with Crippen LogP contribution in [0.5, 0.6) is 0 Å². The number of aromatic nitrogens is 1. The van der Waals surface area contributed by atoms with Crippen LogP contribution in [0.2, 0.25) is 5.02 Å². The van der Waals surface area contributed by atoms with E-state index in [-0.39, 0.29) is 42.9 Å². The zero-order chi connectivity index (χ0) is 24.7. The monoisotopic (exact) mass is 490 g/mol. The number of pyridine rings is 1. The Hall–Kier alpha value is -3.30. The Kier molecular flexibility index (Phi) is 8.36. The van der Waals surface area contributed by atoms with E-state index in [2.05, 4.69) is 15.6 Å². The van der Waals surface area contributed by atoms with Crippen molar-refractivity contribution in [3.63, 3.8) is 0 Å².